The van der Waals surface area contributed by atoms with Crippen molar-refractivity contribution in [3.63, 3.8) is 0 Å². The lowest BCUT2D eigenvalue weighted by Crippen LogP contribution is -2.20. The second-order valence-corrected chi connectivity index (χ2v) is 4.98. The van der Waals surface area contributed by atoms with Gasteiger partial charge in [-0.15, -0.1) is 0 Å². The van der Waals surface area contributed by atoms with E-state index in [0.717, 1.165) is 18.2 Å². The molecule has 102 valence electrons. The van der Waals surface area contributed by atoms with Crippen LogP contribution >= 0.6 is 0 Å². The van der Waals surface area contributed by atoms with Crippen LogP contribution < -0.4 is 15.6 Å². The van der Waals surface area contributed by atoms with Crippen molar-refractivity contribution in [2.75, 3.05) is 6.61 Å². The molecule has 0 aromatic heterocycles. The van der Waals surface area contributed by atoms with Gasteiger partial charge in [0, 0.05) is 12.1 Å². The number of halogens is 3. The van der Waals surface area contributed by atoms with E-state index in [1.54, 1.807) is 0 Å². The summed E-state index contributed by atoms with van der Waals surface area (Å²) >= 11 is 0. The van der Waals surface area contributed by atoms with E-state index in [0.29, 0.717) is 0 Å². The Hall–Kier alpha value is -1.32. The van der Waals surface area contributed by atoms with Crippen molar-refractivity contribution in [2.45, 2.75) is 17.6 Å². The summed E-state index contributed by atoms with van der Waals surface area (Å²) in [5.41, 5.74) is 5.44. The summed E-state index contributed by atoms with van der Waals surface area (Å²) in [5, 5.41) is 4.88. The molecule has 5 nitrogen and oxygen atoms in total. The highest BCUT2D eigenvalue weighted by atomic mass is 32.2. The molecule has 4 N–H and O–H groups in total. The molecule has 0 unspecified atom stereocenters. The van der Waals surface area contributed by atoms with Crippen molar-refractivity contribution in [1.82, 2.24) is 0 Å². The quantitative estimate of drug-likeness (QED) is 0.852. The van der Waals surface area contributed by atoms with Crippen LogP contribution in [0.15, 0.2) is 23.1 Å². The van der Waals surface area contributed by atoms with Gasteiger partial charge in [-0.3, -0.25) is 0 Å². The van der Waals surface area contributed by atoms with Crippen LogP contribution in [0.2, 0.25) is 0 Å². The molecule has 9 heteroatoms. The molecule has 0 fully saturated rings. The van der Waals surface area contributed by atoms with Gasteiger partial charge in [0.25, 0.3) is 0 Å². The van der Waals surface area contributed by atoms with E-state index in [-0.39, 0.29) is 22.8 Å². The maximum Gasteiger partial charge on any atom is 0.422 e. The molecule has 1 aromatic rings. The first-order chi connectivity index (χ1) is 8.13. The van der Waals surface area contributed by atoms with E-state index in [9.17, 15) is 21.6 Å². The second-order valence-electron chi connectivity index (χ2n) is 3.42. The van der Waals surface area contributed by atoms with Crippen LogP contribution in [0.3, 0.4) is 0 Å². The molecule has 0 amide bonds. The van der Waals surface area contributed by atoms with Crippen LogP contribution in [0, 0.1) is 0 Å². The first-order valence-corrected chi connectivity index (χ1v) is 6.23. The second kappa shape index (κ2) is 5.12. The van der Waals surface area contributed by atoms with Gasteiger partial charge in [0.1, 0.15) is 5.75 Å². The number of ether oxygens (including phenoxy) is 1. The molecule has 0 atom stereocenters. The predicted molar refractivity (Wildman–Crippen MR) is 57.3 cm³/mol. The summed E-state index contributed by atoms with van der Waals surface area (Å²) in [5.74, 6) is -0.123. The molecular formula is C9H11F3N2O3S. The molecule has 0 aliphatic carbocycles. The van der Waals surface area contributed by atoms with Crippen LogP contribution in [-0.4, -0.2) is 21.2 Å². The van der Waals surface area contributed by atoms with Crippen molar-refractivity contribution in [2.24, 2.45) is 10.9 Å². The van der Waals surface area contributed by atoms with Gasteiger partial charge in [0.2, 0.25) is 10.0 Å². The Balaban J connectivity index is 3.01. The average Bonchev–Trinajstić information content (AvgIpc) is 2.23. The minimum atomic E-state index is -4.48. The zero-order valence-electron chi connectivity index (χ0n) is 9.07. The molecule has 0 spiro atoms. The minimum Gasteiger partial charge on any atom is -0.484 e. The van der Waals surface area contributed by atoms with Crippen molar-refractivity contribution in [3.8, 4) is 5.75 Å². The third-order valence-corrected chi connectivity index (χ3v) is 2.88. The van der Waals surface area contributed by atoms with Crippen LogP contribution in [-0.2, 0) is 16.6 Å². The first kappa shape index (κ1) is 14.7. The standard InChI is InChI=1S/C9H11F3N2O3S/c10-9(11,12)5-17-8-2-1-7(18(14,15)16)3-6(8)4-13/h1-3H,4-5,13H2,(H2,14,15,16). The zero-order valence-corrected chi connectivity index (χ0v) is 9.88. The van der Waals surface area contributed by atoms with Crippen molar-refractivity contribution < 1.29 is 26.3 Å². The third kappa shape index (κ3) is 4.17. The number of sulfonamides is 1. The van der Waals surface area contributed by atoms with Gasteiger partial charge >= 0.3 is 6.18 Å². The zero-order chi connectivity index (χ0) is 14.0. The summed E-state index contributed by atoms with van der Waals surface area (Å²) in [6.45, 7) is -1.65. The fourth-order valence-electron chi connectivity index (χ4n) is 1.19. The lowest BCUT2D eigenvalue weighted by atomic mass is 10.2. The smallest absolute Gasteiger partial charge is 0.422 e. The summed E-state index contributed by atoms with van der Waals surface area (Å²) < 4.78 is 62.5. The van der Waals surface area contributed by atoms with Crippen LogP contribution in [0.5, 0.6) is 5.75 Å². The minimum absolute atomic E-state index is 0.123. The fourth-order valence-corrected chi connectivity index (χ4v) is 1.76. The molecule has 0 radical (unpaired) electrons. The highest BCUT2D eigenvalue weighted by Crippen LogP contribution is 2.24. The van der Waals surface area contributed by atoms with Crippen LogP contribution in [0.25, 0.3) is 0 Å². The number of nitrogens with two attached hydrogens (primary N) is 2. The van der Waals surface area contributed by atoms with Gasteiger partial charge in [0.05, 0.1) is 4.90 Å². The summed E-state index contributed by atoms with van der Waals surface area (Å²) in [7, 11) is -3.93. The lowest BCUT2D eigenvalue weighted by Gasteiger charge is -2.13. The number of primary sulfonamides is 1. The maximum absolute atomic E-state index is 12.0. The number of benzene rings is 1. The maximum atomic E-state index is 12.0. The molecule has 0 aliphatic rings. The van der Waals surface area contributed by atoms with Gasteiger partial charge in [-0.25, -0.2) is 13.6 Å². The van der Waals surface area contributed by atoms with E-state index in [1.807, 2.05) is 0 Å². The molecule has 0 heterocycles. The molecule has 0 saturated carbocycles. The third-order valence-electron chi connectivity index (χ3n) is 1.97. The number of alkyl halides is 3. The van der Waals surface area contributed by atoms with Crippen LogP contribution in [0.4, 0.5) is 13.2 Å². The topological polar surface area (TPSA) is 95.4 Å². The normalized spacial score (nSPS) is 12.5. The van der Waals surface area contributed by atoms with Gasteiger partial charge in [-0.2, -0.15) is 13.2 Å². The van der Waals surface area contributed by atoms with Crippen molar-refractivity contribution >= 4 is 10.0 Å². The number of rotatable bonds is 4. The SMILES string of the molecule is NCc1cc(S(N)(=O)=O)ccc1OCC(F)(F)F. The van der Waals surface area contributed by atoms with Gasteiger partial charge in [0.15, 0.2) is 6.61 Å². The number of hydrogen-bond donors (Lipinski definition) is 2. The summed E-state index contributed by atoms with van der Waals surface area (Å²) in [4.78, 5) is -0.234. The van der Waals surface area contributed by atoms with E-state index in [1.165, 1.54) is 0 Å². The lowest BCUT2D eigenvalue weighted by molar-refractivity contribution is -0.153. The van der Waals surface area contributed by atoms with E-state index >= 15 is 0 Å². The van der Waals surface area contributed by atoms with E-state index in [2.05, 4.69) is 4.74 Å². The molecule has 1 aromatic carbocycles. The molecule has 0 bridgehead atoms. The first-order valence-electron chi connectivity index (χ1n) is 4.69. The monoisotopic (exact) mass is 284 g/mol. The Morgan fingerprint density at radius 3 is 2.33 bits per heavy atom. The van der Waals surface area contributed by atoms with E-state index < -0.39 is 22.8 Å². The highest BCUT2D eigenvalue weighted by Gasteiger charge is 2.28. The summed E-state index contributed by atoms with van der Waals surface area (Å²) in [6, 6.07) is 3.23. The largest absolute Gasteiger partial charge is 0.484 e. The van der Waals surface area contributed by atoms with E-state index in [4.69, 9.17) is 10.9 Å². The Bertz CT molecular complexity index is 528. The number of hydrogen-bond acceptors (Lipinski definition) is 4. The Labute approximate surface area is 102 Å². The van der Waals surface area contributed by atoms with Gasteiger partial charge in [-0.05, 0) is 18.2 Å². The highest BCUT2D eigenvalue weighted by molar-refractivity contribution is 7.89. The molecule has 18 heavy (non-hydrogen) atoms. The van der Waals surface area contributed by atoms with Crippen molar-refractivity contribution in [1.29, 1.82) is 0 Å². The molecular weight excluding hydrogens is 273 g/mol. The Morgan fingerprint density at radius 2 is 1.89 bits per heavy atom. The molecule has 1 rings (SSSR count). The Morgan fingerprint density at radius 1 is 1.28 bits per heavy atom. The fraction of sp³-hybridized carbons (Fsp3) is 0.333. The molecule has 0 aliphatic heterocycles. The molecule has 0 saturated heterocycles. The van der Waals surface area contributed by atoms with Gasteiger partial charge in [-0.1, -0.05) is 0 Å². The van der Waals surface area contributed by atoms with Gasteiger partial charge < -0.3 is 10.5 Å². The van der Waals surface area contributed by atoms with Crippen LogP contribution in [0.1, 0.15) is 5.56 Å². The Kier molecular flexibility index (Phi) is 4.20. The predicted octanol–water partition coefficient (Wildman–Crippen LogP) is 0.734. The average molecular weight is 284 g/mol. The van der Waals surface area contributed by atoms with Crippen molar-refractivity contribution in [3.05, 3.63) is 23.8 Å². The summed E-state index contributed by atoms with van der Waals surface area (Å²) in [6.07, 6.45) is -4.48.